The van der Waals surface area contributed by atoms with Crippen LogP contribution in [0.25, 0.3) is 0 Å². The van der Waals surface area contributed by atoms with E-state index in [0.717, 1.165) is 0 Å². The Labute approximate surface area is 176 Å². The van der Waals surface area contributed by atoms with Gasteiger partial charge < -0.3 is 15.0 Å². The summed E-state index contributed by atoms with van der Waals surface area (Å²) >= 11 is 1.30. The number of nitrogens with one attached hydrogen (secondary N) is 1. The largest absolute Gasteiger partial charge is 0.452 e. The maximum absolute atomic E-state index is 13.6. The summed E-state index contributed by atoms with van der Waals surface area (Å²) in [6.07, 6.45) is 0. The number of carbonyl (C=O) groups excluding carboxylic acids is 3. The van der Waals surface area contributed by atoms with Crippen LogP contribution in [0, 0.1) is 5.82 Å². The first-order chi connectivity index (χ1) is 14.5. The third kappa shape index (κ3) is 5.09. The maximum atomic E-state index is 13.6. The number of amides is 2. The first-order valence-electron chi connectivity index (χ1n) is 9.05. The Hall–Kier alpha value is -3.52. The lowest BCUT2D eigenvalue weighted by Gasteiger charge is -2.19. The summed E-state index contributed by atoms with van der Waals surface area (Å²) in [4.78, 5) is 39.0. The van der Waals surface area contributed by atoms with Gasteiger partial charge in [0.15, 0.2) is 6.61 Å². The molecule has 3 aromatic rings. The lowest BCUT2D eigenvalue weighted by atomic mass is 10.1. The predicted molar refractivity (Wildman–Crippen MR) is 112 cm³/mol. The van der Waals surface area contributed by atoms with Crippen LogP contribution < -0.4 is 10.2 Å². The number of thiophene rings is 1. The molecule has 0 saturated heterocycles. The van der Waals surface area contributed by atoms with E-state index in [-0.39, 0.29) is 18.0 Å². The molecule has 8 heteroatoms. The predicted octanol–water partition coefficient (Wildman–Crippen LogP) is 3.64. The monoisotopic (exact) mass is 426 g/mol. The highest BCUT2D eigenvalue weighted by Gasteiger charge is 2.21. The Balaban J connectivity index is 1.61. The van der Waals surface area contributed by atoms with Crippen molar-refractivity contribution in [2.24, 2.45) is 0 Å². The molecular formula is C22H19FN2O4S. The molecule has 0 radical (unpaired) electrons. The first-order valence-corrected chi connectivity index (χ1v) is 9.93. The molecule has 0 aliphatic rings. The zero-order chi connectivity index (χ0) is 21.5. The van der Waals surface area contributed by atoms with Crippen molar-refractivity contribution in [1.82, 2.24) is 5.32 Å². The summed E-state index contributed by atoms with van der Waals surface area (Å²) in [6.45, 7) is -0.540. The Morgan fingerprint density at radius 3 is 2.50 bits per heavy atom. The van der Waals surface area contributed by atoms with Crippen LogP contribution in [0.4, 0.5) is 10.1 Å². The molecule has 30 heavy (non-hydrogen) atoms. The van der Waals surface area contributed by atoms with E-state index in [1.54, 1.807) is 61.0 Å². The van der Waals surface area contributed by atoms with E-state index < -0.39 is 24.3 Å². The number of rotatable bonds is 7. The van der Waals surface area contributed by atoms with Gasteiger partial charge in [-0.3, -0.25) is 9.59 Å². The number of hydrogen-bond acceptors (Lipinski definition) is 5. The van der Waals surface area contributed by atoms with Gasteiger partial charge in [-0.2, -0.15) is 0 Å². The molecule has 0 aliphatic carbocycles. The van der Waals surface area contributed by atoms with Gasteiger partial charge in [0.25, 0.3) is 11.8 Å². The fourth-order valence-corrected chi connectivity index (χ4v) is 3.41. The van der Waals surface area contributed by atoms with Gasteiger partial charge in [-0.15, -0.1) is 11.3 Å². The lowest BCUT2D eigenvalue weighted by molar-refractivity contribution is -0.124. The van der Waals surface area contributed by atoms with Crippen molar-refractivity contribution in [2.45, 2.75) is 6.54 Å². The van der Waals surface area contributed by atoms with Crippen LogP contribution in [-0.2, 0) is 16.1 Å². The second kappa shape index (κ2) is 9.80. The Morgan fingerprint density at radius 1 is 1.03 bits per heavy atom. The quantitative estimate of drug-likeness (QED) is 0.586. The van der Waals surface area contributed by atoms with Crippen LogP contribution in [0.5, 0.6) is 0 Å². The molecule has 0 aliphatic heterocycles. The standard InChI is InChI=1S/C22H19FN2O4S/c1-25(21(27)19-11-6-12-30-19)18-10-5-3-8-16(18)22(28)29-14-20(26)24-13-15-7-2-4-9-17(15)23/h2-12H,13-14H2,1H3,(H,24,26). The summed E-state index contributed by atoms with van der Waals surface area (Å²) in [6, 6.07) is 16.0. The van der Waals surface area contributed by atoms with E-state index in [2.05, 4.69) is 5.32 Å². The second-order valence-corrected chi connectivity index (χ2v) is 7.25. The molecular weight excluding hydrogens is 407 g/mol. The minimum absolute atomic E-state index is 0.0162. The highest BCUT2D eigenvalue weighted by atomic mass is 32.1. The molecule has 0 fully saturated rings. The van der Waals surface area contributed by atoms with Crippen molar-refractivity contribution in [3.8, 4) is 0 Å². The molecule has 2 aromatic carbocycles. The number of carbonyl (C=O) groups is 3. The number of ether oxygens (including phenoxy) is 1. The zero-order valence-corrected chi connectivity index (χ0v) is 16.9. The summed E-state index contributed by atoms with van der Waals surface area (Å²) < 4.78 is 18.7. The number of halogens is 1. The van der Waals surface area contributed by atoms with E-state index in [4.69, 9.17) is 4.74 Å². The minimum Gasteiger partial charge on any atom is -0.452 e. The highest BCUT2D eigenvalue weighted by Crippen LogP contribution is 2.23. The molecule has 1 heterocycles. The van der Waals surface area contributed by atoms with Crippen molar-refractivity contribution in [1.29, 1.82) is 0 Å². The van der Waals surface area contributed by atoms with Gasteiger partial charge >= 0.3 is 5.97 Å². The number of esters is 1. The topological polar surface area (TPSA) is 75.7 Å². The van der Waals surface area contributed by atoms with E-state index in [1.165, 1.54) is 28.4 Å². The molecule has 1 aromatic heterocycles. The average molecular weight is 426 g/mol. The van der Waals surface area contributed by atoms with E-state index >= 15 is 0 Å². The molecule has 0 atom stereocenters. The van der Waals surface area contributed by atoms with Crippen molar-refractivity contribution in [3.63, 3.8) is 0 Å². The lowest BCUT2D eigenvalue weighted by Crippen LogP contribution is -2.30. The number of para-hydroxylation sites is 1. The normalized spacial score (nSPS) is 10.3. The van der Waals surface area contributed by atoms with Gasteiger partial charge in [0.1, 0.15) is 5.82 Å². The van der Waals surface area contributed by atoms with Gasteiger partial charge in [-0.25, -0.2) is 9.18 Å². The SMILES string of the molecule is CN(C(=O)c1cccs1)c1ccccc1C(=O)OCC(=O)NCc1ccccc1F. The highest BCUT2D eigenvalue weighted by molar-refractivity contribution is 7.12. The van der Waals surface area contributed by atoms with Crippen LogP contribution in [0.15, 0.2) is 66.0 Å². The molecule has 154 valence electrons. The van der Waals surface area contributed by atoms with Crippen molar-refractivity contribution in [3.05, 3.63) is 87.9 Å². The van der Waals surface area contributed by atoms with Crippen LogP contribution in [0.3, 0.4) is 0 Å². The Kier molecular flexibility index (Phi) is 6.92. The molecule has 0 unspecified atom stereocenters. The van der Waals surface area contributed by atoms with Crippen molar-refractivity contribution in [2.75, 3.05) is 18.6 Å². The maximum Gasteiger partial charge on any atom is 0.340 e. The molecule has 3 rings (SSSR count). The van der Waals surface area contributed by atoms with Gasteiger partial charge in [-0.05, 0) is 29.6 Å². The Bertz CT molecular complexity index is 1050. The van der Waals surface area contributed by atoms with E-state index in [9.17, 15) is 18.8 Å². The first kappa shape index (κ1) is 21.2. The minimum atomic E-state index is -0.738. The number of anilines is 1. The van der Waals surface area contributed by atoms with Crippen molar-refractivity contribution >= 4 is 34.8 Å². The van der Waals surface area contributed by atoms with Gasteiger partial charge in [0.05, 0.1) is 16.1 Å². The van der Waals surface area contributed by atoms with Crippen LogP contribution in [-0.4, -0.2) is 31.4 Å². The van der Waals surface area contributed by atoms with Crippen LogP contribution in [0.1, 0.15) is 25.6 Å². The number of benzene rings is 2. The van der Waals surface area contributed by atoms with Gasteiger partial charge in [-0.1, -0.05) is 36.4 Å². The van der Waals surface area contributed by atoms with Crippen molar-refractivity contribution < 1.29 is 23.5 Å². The van der Waals surface area contributed by atoms with Crippen LogP contribution in [0.2, 0.25) is 0 Å². The van der Waals surface area contributed by atoms with E-state index in [1.807, 2.05) is 0 Å². The van der Waals surface area contributed by atoms with E-state index in [0.29, 0.717) is 16.1 Å². The van der Waals surface area contributed by atoms with Gasteiger partial charge in [0, 0.05) is 19.2 Å². The molecule has 6 nitrogen and oxygen atoms in total. The molecule has 0 spiro atoms. The van der Waals surface area contributed by atoms with Gasteiger partial charge in [0.2, 0.25) is 0 Å². The molecule has 2 amide bonds. The summed E-state index contributed by atoms with van der Waals surface area (Å²) in [5, 5.41) is 4.29. The molecule has 1 N–H and O–H groups in total. The zero-order valence-electron chi connectivity index (χ0n) is 16.1. The number of hydrogen-bond donors (Lipinski definition) is 1. The summed E-state index contributed by atoms with van der Waals surface area (Å²) in [5.74, 6) is -1.99. The van der Waals surface area contributed by atoms with Crippen LogP contribution >= 0.6 is 11.3 Å². The Morgan fingerprint density at radius 2 is 1.77 bits per heavy atom. The fraction of sp³-hybridized carbons (Fsp3) is 0.136. The third-order valence-electron chi connectivity index (χ3n) is 4.29. The average Bonchev–Trinajstić information content (AvgIpc) is 3.31. The number of nitrogens with zero attached hydrogens (tertiary/aromatic N) is 1. The second-order valence-electron chi connectivity index (χ2n) is 6.30. The third-order valence-corrected chi connectivity index (χ3v) is 5.15. The summed E-state index contributed by atoms with van der Waals surface area (Å²) in [5.41, 5.74) is 0.857. The fourth-order valence-electron chi connectivity index (χ4n) is 2.71. The smallest absolute Gasteiger partial charge is 0.340 e. The molecule has 0 saturated carbocycles. The molecule has 0 bridgehead atoms. The summed E-state index contributed by atoms with van der Waals surface area (Å²) in [7, 11) is 1.56.